The number of para-hydroxylation sites is 1. The lowest BCUT2D eigenvalue weighted by molar-refractivity contribution is -0.00000190. The van der Waals surface area contributed by atoms with E-state index in [0.717, 1.165) is 0 Å². The van der Waals surface area contributed by atoms with E-state index in [-0.39, 0.29) is 13.8 Å². The molecule has 1 aromatic rings. The Hall–Kier alpha value is -0.150. The number of nitrogens with two attached hydrogens (primary N) is 1. The molecule has 5 heteroatoms. The predicted molar refractivity (Wildman–Crippen MR) is 45.4 cm³/mol. The maximum absolute atomic E-state index is 5.70. The van der Waals surface area contributed by atoms with Gasteiger partial charge >= 0.3 is 1.43 Å². The van der Waals surface area contributed by atoms with Crippen molar-refractivity contribution in [3.8, 4) is 0 Å². The van der Waals surface area contributed by atoms with E-state index >= 15 is 0 Å². The van der Waals surface area contributed by atoms with Crippen LogP contribution in [-0.2, 0) is 0 Å². The third-order valence-electron chi connectivity index (χ3n) is 1.11. The number of benzene rings is 1. The molecule has 0 aliphatic heterocycles. The summed E-state index contributed by atoms with van der Waals surface area (Å²) in [6.07, 6.45) is 0. The van der Waals surface area contributed by atoms with Gasteiger partial charge in [-0.15, -0.1) is 0 Å². The van der Waals surface area contributed by atoms with Gasteiger partial charge in [-0.3, -0.25) is 5.84 Å². The molecule has 0 fully saturated rings. The minimum atomic E-state index is 0. The smallest absolute Gasteiger partial charge is 1.00 e. The standard InChI is InChI=1S/C6H6Cl2N2.ClH/c7-4-2-1-3-5(8)6(4)10-9;/h1-3,10H,9H2;1H. The monoisotopic (exact) mass is 212 g/mol. The fourth-order valence-electron chi connectivity index (χ4n) is 0.636. The second-order valence-electron chi connectivity index (χ2n) is 1.74. The van der Waals surface area contributed by atoms with Crippen molar-refractivity contribution in [2.24, 2.45) is 5.84 Å². The zero-order chi connectivity index (χ0) is 7.56. The average molecular weight is 213 g/mol. The molecule has 0 aliphatic rings. The Balaban J connectivity index is 0. The van der Waals surface area contributed by atoms with Crippen molar-refractivity contribution in [2.75, 3.05) is 5.43 Å². The fraction of sp³-hybridized carbons (Fsp3) is 0. The first-order chi connectivity index (χ1) is 4.75. The first kappa shape index (κ1) is 10.8. The lowest BCUT2D eigenvalue weighted by atomic mass is 10.3. The predicted octanol–water partition coefficient (Wildman–Crippen LogP) is -0.605. The van der Waals surface area contributed by atoms with Gasteiger partial charge in [0.2, 0.25) is 0 Å². The maximum Gasteiger partial charge on any atom is 1.00 e. The van der Waals surface area contributed by atoms with Gasteiger partial charge in [-0.1, -0.05) is 29.3 Å². The molecule has 0 spiro atoms. The number of anilines is 1. The van der Waals surface area contributed by atoms with E-state index in [4.69, 9.17) is 29.0 Å². The van der Waals surface area contributed by atoms with E-state index in [1.54, 1.807) is 18.2 Å². The van der Waals surface area contributed by atoms with Crippen LogP contribution in [0.1, 0.15) is 1.43 Å². The van der Waals surface area contributed by atoms with E-state index in [2.05, 4.69) is 5.43 Å². The molecule has 11 heavy (non-hydrogen) atoms. The number of nitrogen functional groups attached to an aromatic ring is 1. The molecule has 0 saturated heterocycles. The Morgan fingerprint density at radius 2 is 1.73 bits per heavy atom. The number of hydrogen-bond donors (Lipinski definition) is 2. The van der Waals surface area contributed by atoms with Crippen molar-refractivity contribution >= 4 is 28.9 Å². The van der Waals surface area contributed by atoms with Gasteiger partial charge in [0.05, 0.1) is 15.7 Å². The fourth-order valence-corrected chi connectivity index (χ4v) is 1.14. The largest absolute Gasteiger partial charge is 1.00 e. The van der Waals surface area contributed by atoms with Crippen molar-refractivity contribution in [1.82, 2.24) is 0 Å². The van der Waals surface area contributed by atoms with Crippen LogP contribution in [0.3, 0.4) is 0 Å². The molecule has 1 aromatic carbocycles. The van der Waals surface area contributed by atoms with Crippen LogP contribution in [0.25, 0.3) is 0 Å². The number of hydrazine groups is 1. The highest BCUT2D eigenvalue weighted by atomic mass is 35.5. The van der Waals surface area contributed by atoms with Gasteiger partial charge in [-0.05, 0) is 12.1 Å². The van der Waals surface area contributed by atoms with E-state index < -0.39 is 0 Å². The molecular formula is C6H7Cl3N2. The average Bonchev–Trinajstić information content (AvgIpc) is 1.88. The molecule has 3 N–H and O–H groups in total. The second-order valence-corrected chi connectivity index (χ2v) is 2.56. The highest BCUT2D eigenvalue weighted by Gasteiger charge is 2.00. The van der Waals surface area contributed by atoms with E-state index in [1.807, 2.05) is 0 Å². The van der Waals surface area contributed by atoms with E-state index in [1.165, 1.54) is 0 Å². The van der Waals surface area contributed by atoms with Gasteiger partial charge in [0, 0.05) is 0 Å². The molecule has 0 radical (unpaired) electrons. The van der Waals surface area contributed by atoms with Crippen LogP contribution in [0.5, 0.6) is 0 Å². The summed E-state index contributed by atoms with van der Waals surface area (Å²) in [6, 6.07) is 5.18. The Morgan fingerprint density at radius 1 is 1.27 bits per heavy atom. The molecule has 62 valence electrons. The van der Waals surface area contributed by atoms with Gasteiger partial charge in [-0.25, -0.2) is 0 Å². The number of nitrogens with one attached hydrogen (secondary N) is 1. The summed E-state index contributed by atoms with van der Waals surface area (Å²) in [5.74, 6) is 5.13. The van der Waals surface area contributed by atoms with Crippen LogP contribution in [-0.4, -0.2) is 0 Å². The van der Waals surface area contributed by atoms with Crippen LogP contribution in [0.15, 0.2) is 18.2 Å². The first-order valence-corrected chi connectivity index (χ1v) is 3.42. The molecular weight excluding hydrogens is 206 g/mol. The summed E-state index contributed by atoms with van der Waals surface area (Å²) < 4.78 is 0. The molecule has 2 nitrogen and oxygen atoms in total. The van der Waals surface area contributed by atoms with Gasteiger partial charge in [-0.2, -0.15) is 0 Å². The summed E-state index contributed by atoms with van der Waals surface area (Å²) in [7, 11) is 0. The highest BCUT2D eigenvalue weighted by molar-refractivity contribution is 6.39. The van der Waals surface area contributed by atoms with Gasteiger partial charge in [0.1, 0.15) is 0 Å². The second kappa shape index (κ2) is 4.67. The summed E-state index contributed by atoms with van der Waals surface area (Å²) in [4.78, 5) is 0. The van der Waals surface area contributed by atoms with E-state index in [9.17, 15) is 0 Å². The molecule has 0 heterocycles. The van der Waals surface area contributed by atoms with Crippen LogP contribution in [0.2, 0.25) is 10.0 Å². The quantitative estimate of drug-likeness (QED) is 0.483. The lowest BCUT2D eigenvalue weighted by Crippen LogP contribution is -3.00. The van der Waals surface area contributed by atoms with Crippen LogP contribution in [0, 0.1) is 0 Å². The van der Waals surface area contributed by atoms with Crippen LogP contribution in [0.4, 0.5) is 5.69 Å². The normalized spacial score (nSPS) is 8.64. The molecule has 1 rings (SSSR count). The minimum Gasteiger partial charge on any atom is -1.00 e. The minimum absolute atomic E-state index is 0. The molecule has 0 aliphatic carbocycles. The van der Waals surface area contributed by atoms with Crippen molar-refractivity contribution in [1.29, 1.82) is 0 Å². The SMILES string of the molecule is NNc1c(Cl)cccc1Cl.[Cl-].[H+]. The Kier molecular flexibility index (Phi) is 4.61. The first-order valence-electron chi connectivity index (χ1n) is 2.66. The molecule has 0 amide bonds. The number of hydrogen-bond acceptors (Lipinski definition) is 2. The Bertz CT molecular complexity index is 224. The molecule has 0 saturated carbocycles. The van der Waals surface area contributed by atoms with Crippen molar-refractivity contribution in [3.63, 3.8) is 0 Å². The van der Waals surface area contributed by atoms with Gasteiger partial charge in [0.15, 0.2) is 0 Å². The molecule has 0 atom stereocenters. The summed E-state index contributed by atoms with van der Waals surface area (Å²) in [5, 5.41) is 1.05. The third kappa shape index (κ3) is 2.42. The lowest BCUT2D eigenvalue weighted by Gasteiger charge is -2.03. The summed E-state index contributed by atoms with van der Waals surface area (Å²) in [6.45, 7) is 0. The van der Waals surface area contributed by atoms with Crippen molar-refractivity contribution in [2.45, 2.75) is 0 Å². The number of halogens is 3. The highest BCUT2D eigenvalue weighted by Crippen LogP contribution is 2.28. The van der Waals surface area contributed by atoms with Crippen LogP contribution >= 0.6 is 23.2 Å². The summed E-state index contributed by atoms with van der Waals surface area (Å²) in [5.41, 5.74) is 2.96. The van der Waals surface area contributed by atoms with E-state index in [0.29, 0.717) is 15.7 Å². The topological polar surface area (TPSA) is 38.0 Å². The van der Waals surface area contributed by atoms with Crippen molar-refractivity contribution in [3.05, 3.63) is 28.2 Å². The molecule has 0 unspecified atom stereocenters. The Morgan fingerprint density at radius 3 is 2.00 bits per heavy atom. The maximum atomic E-state index is 5.70. The van der Waals surface area contributed by atoms with Crippen molar-refractivity contribution < 1.29 is 13.8 Å². The zero-order valence-electron chi connectivity index (χ0n) is 6.44. The van der Waals surface area contributed by atoms with Gasteiger partial charge in [0.25, 0.3) is 0 Å². The zero-order valence-corrected chi connectivity index (χ0v) is 7.71. The molecule has 0 bridgehead atoms. The van der Waals surface area contributed by atoms with Crippen LogP contribution < -0.4 is 23.7 Å². The third-order valence-corrected chi connectivity index (χ3v) is 1.74. The Labute approximate surface area is 82.5 Å². The number of rotatable bonds is 1. The molecule has 0 aromatic heterocycles. The van der Waals surface area contributed by atoms with Gasteiger partial charge < -0.3 is 17.8 Å². The summed E-state index contributed by atoms with van der Waals surface area (Å²) >= 11 is 11.4.